The van der Waals surface area contributed by atoms with Crippen LogP contribution >= 0.6 is 0 Å². The van der Waals surface area contributed by atoms with Crippen LogP contribution in [-0.4, -0.2) is 44.4 Å². The maximum Gasteiger partial charge on any atom is 0.435 e. The third-order valence-corrected chi connectivity index (χ3v) is 7.31. The van der Waals surface area contributed by atoms with Crippen molar-refractivity contribution in [1.29, 1.82) is 0 Å². The molecule has 2 aromatic carbocycles. The summed E-state index contributed by atoms with van der Waals surface area (Å²) in [6.07, 6.45) is -5.83. The Bertz CT molecular complexity index is 1290. The van der Waals surface area contributed by atoms with Gasteiger partial charge in [-0.2, -0.15) is 18.3 Å². The van der Waals surface area contributed by atoms with E-state index in [0.717, 1.165) is 21.6 Å². The molecule has 6 nitrogen and oxygen atoms in total. The molecule has 184 valence electrons. The van der Waals surface area contributed by atoms with Gasteiger partial charge in [0, 0.05) is 35.7 Å². The molecular weight excluding hydrogens is 459 g/mol. The van der Waals surface area contributed by atoms with Crippen molar-refractivity contribution >= 4 is 5.69 Å². The van der Waals surface area contributed by atoms with Gasteiger partial charge in [-0.25, -0.2) is 4.68 Å². The number of aromatic hydroxyl groups is 1. The average Bonchev–Trinajstić information content (AvgIpc) is 3.25. The van der Waals surface area contributed by atoms with Crippen molar-refractivity contribution in [2.45, 2.75) is 43.6 Å². The lowest BCUT2D eigenvalue weighted by molar-refractivity contribution is -0.145. The summed E-state index contributed by atoms with van der Waals surface area (Å²) in [6.45, 7) is 4.04. The van der Waals surface area contributed by atoms with Crippen LogP contribution < -0.4 is 4.90 Å². The molecule has 1 aliphatic heterocycles. The Balaban J connectivity index is 1.53. The molecule has 0 radical (unpaired) electrons. The molecule has 9 heteroatoms. The third kappa shape index (κ3) is 3.44. The molecule has 1 aromatic heterocycles. The molecule has 1 saturated carbocycles. The van der Waals surface area contributed by atoms with Gasteiger partial charge in [0.15, 0.2) is 5.69 Å². The number of benzene rings is 2. The zero-order valence-electron chi connectivity index (χ0n) is 19.4. The van der Waals surface area contributed by atoms with E-state index in [1.54, 1.807) is 24.3 Å². The van der Waals surface area contributed by atoms with Crippen LogP contribution in [0.3, 0.4) is 0 Å². The van der Waals surface area contributed by atoms with Crippen molar-refractivity contribution < 1.29 is 28.5 Å². The first kappa shape index (κ1) is 23.4. The minimum Gasteiger partial charge on any atom is -0.493 e. The van der Waals surface area contributed by atoms with E-state index in [2.05, 4.69) is 5.10 Å². The highest BCUT2D eigenvalue weighted by Crippen LogP contribution is 2.53. The van der Waals surface area contributed by atoms with Crippen LogP contribution in [0, 0.1) is 5.92 Å². The van der Waals surface area contributed by atoms with Crippen molar-refractivity contribution in [3.8, 4) is 11.6 Å². The lowest BCUT2D eigenvalue weighted by atomic mass is 9.64. The lowest BCUT2D eigenvalue weighted by Crippen LogP contribution is -2.53. The first-order valence-electron chi connectivity index (χ1n) is 11.3. The quantitative estimate of drug-likeness (QED) is 0.514. The van der Waals surface area contributed by atoms with Crippen molar-refractivity contribution in [1.82, 2.24) is 9.78 Å². The fraction of sp³-hybridized carbons (Fsp3) is 0.346. The maximum absolute atomic E-state index is 13.9. The summed E-state index contributed by atoms with van der Waals surface area (Å²) in [5, 5.41) is 36.3. The van der Waals surface area contributed by atoms with E-state index >= 15 is 0 Å². The fourth-order valence-electron chi connectivity index (χ4n) is 5.45. The minimum atomic E-state index is -4.88. The Labute approximate surface area is 200 Å². The second-order valence-corrected chi connectivity index (χ2v) is 9.67. The SMILES string of the molecule is CN1C(=CC2C(O)C(c3c(C(F)(F)F)nn(-c4ccccc4)c3O)C2O)C(C)(C)c2ccccc21. The number of halogens is 3. The Hall–Kier alpha value is -3.30. The second-order valence-electron chi connectivity index (χ2n) is 9.67. The summed E-state index contributed by atoms with van der Waals surface area (Å²) in [6, 6.07) is 15.8. The Kier molecular flexibility index (Phi) is 5.26. The van der Waals surface area contributed by atoms with Gasteiger partial charge < -0.3 is 20.2 Å². The smallest absolute Gasteiger partial charge is 0.435 e. The molecule has 2 unspecified atom stereocenters. The largest absolute Gasteiger partial charge is 0.493 e. The summed E-state index contributed by atoms with van der Waals surface area (Å²) in [4.78, 5) is 1.97. The molecule has 3 aromatic rings. The first-order chi connectivity index (χ1) is 16.4. The van der Waals surface area contributed by atoms with E-state index in [9.17, 15) is 28.5 Å². The van der Waals surface area contributed by atoms with Gasteiger partial charge in [0.2, 0.25) is 5.88 Å². The van der Waals surface area contributed by atoms with Crippen molar-refractivity contribution in [3.63, 3.8) is 0 Å². The van der Waals surface area contributed by atoms with Crippen molar-refractivity contribution in [2.75, 3.05) is 11.9 Å². The van der Waals surface area contributed by atoms with E-state index < -0.39 is 52.8 Å². The number of para-hydroxylation sites is 2. The zero-order valence-corrected chi connectivity index (χ0v) is 19.4. The van der Waals surface area contributed by atoms with Gasteiger partial charge in [0.25, 0.3) is 0 Å². The Morgan fingerprint density at radius 1 is 0.971 bits per heavy atom. The van der Waals surface area contributed by atoms with E-state index in [4.69, 9.17) is 0 Å². The summed E-state index contributed by atoms with van der Waals surface area (Å²) in [5.41, 5.74) is 0.792. The molecule has 1 fully saturated rings. The van der Waals surface area contributed by atoms with Crippen LogP contribution in [0.4, 0.5) is 18.9 Å². The highest BCUT2D eigenvalue weighted by molar-refractivity contribution is 5.70. The molecule has 35 heavy (non-hydrogen) atoms. The number of hydrogen-bond donors (Lipinski definition) is 3. The number of rotatable bonds is 3. The Morgan fingerprint density at radius 2 is 1.57 bits per heavy atom. The number of aliphatic hydroxyl groups excluding tert-OH is 2. The fourth-order valence-corrected chi connectivity index (χ4v) is 5.45. The Morgan fingerprint density at radius 3 is 2.17 bits per heavy atom. The number of nitrogens with zero attached hydrogens (tertiary/aromatic N) is 3. The molecule has 3 N–H and O–H groups in total. The first-order valence-corrected chi connectivity index (χ1v) is 11.3. The van der Waals surface area contributed by atoms with E-state index in [1.807, 2.05) is 50.1 Å². The topological polar surface area (TPSA) is 81.8 Å². The standard InChI is InChI=1S/C26H26F3N3O3/c1-25(2)16-11-7-8-12-17(16)31(3)18(25)13-15-21(33)19(22(15)34)20-23(26(27,28)29)30-32(24(20)35)14-9-5-4-6-10-14/h4-13,15,19,21-22,33-35H,1-3H3. The van der Waals surface area contributed by atoms with Gasteiger partial charge in [-0.3, -0.25) is 0 Å². The number of aliphatic hydroxyl groups is 2. The molecule has 5 rings (SSSR count). The van der Waals surface area contributed by atoms with Gasteiger partial charge in [-0.15, -0.1) is 0 Å². The van der Waals surface area contributed by atoms with E-state index in [0.29, 0.717) is 0 Å². The number of likely N-dealkylation sites (N-methyl/N-ethyl adjacent to an activating group) is 1. The zero-order chi connectivity index (χ0) is 25.3. The number of hydrogen-bond acceptors (Lipinski definition) is 5. The summed E-state index contributed by atoms with van der Waals surface area (Å²) >= 11 is 0. The van der Waals surface area contributed by atoms with Gasteiger partial charge in [-0.1, -0.05) is 56.3 Å². The minimum absolute atomic E-state index is 0.232. The average molecular weight is 486 g/mol. The molecule has 0 amide bonds. The number of fused-ring (bicyclic) bond motifs is 1. The number of allylic oxidation sites excluding steroid dienone is 1. The third-order valence-electron chi connectivity index (χ3n) is 7.31. The lowest BCUT2D eigenvalue weighted by Gasteiger charge is -2.46. The van der Waals surface area contributed by atoms with E-state index in [1.165, 1.54) is 12.1 Å². The van der Waals surface area contributed by atoms with Crippen LogP contribution in [0.2, 0.25) is 0 Å². The molecular formula is C26H26F3N3O3. The molecule has 2 aliphatic rings. The van der Waals surface area contributed by atoms with Crippen molar-refractivity contribution in [2.24, 2.45) is 5.92 Å². The predicted molar refractivity (Wildman–Crippen MR) is 124 cm³/mol. The maximum atomic E-state index is 13.9. The van der Waals surface area contributed by atoms with E-state index in [-0.39, 0.29) is 5.69 Å². The van der Waals surface area contributed by atoms with Crippen LogP contribution in [0.15, 0.2) is 66.4 Å². The summed E-state index contributed by atoms with van der Waals surface area (Å²) in [7, 11) is 1.88. The van der Waals surface area contributed by atoms with Crippen molar-refractivity contribution in [3.05, 3.63) is 83.2 Å². The molecule has 2 atom stereocenters. The monoisotopic (exact) mass is 485 g/mol. The molecule has 2 heterocycles. The molecule has 1 aliphatic carbocycles. The van der Waals surface area contributed by atoms with Gasteiger partial charge in [0.1, 0.15) is 0 Å². The number of anilines is 1. The number of alkyl halides is 3. The van der Waals surface area contributed by atoms with Crippen LogP contribution in [0.1, 0.15) is 36.6 Å². The van der Waals surface area contributed by atoms with Crippen LogP contribution in [-0.2, 0) is 11.6 Å². The van der Waals surface area contributed by atoms with Gasteiger partial charge >= 0.3 is 6.18 Å². The highest BCUT2D eigenvalue weighted by atomic mass is 19.4. The van der Waals surface area contributed by atoms with Crippen LogP contribution in [0.25, 0.3) is 5.69 Å². The summed E-state index contributed by atoms with van der Waals surface area (Å²) in [5.74, 6) is -2.90. The normalized spacial score (nSPS) is 26.6. The second kappa shape index (κ2) is 7.86. The predicted octanol–water partition coefficient (Wildman–Crippen LogP) is 4.34. The van der Waals surface area contributed by atoms with Gasteiger partial charge in [-0.05, 0) is 23.8 Å². The molecule has 0 bridgehead atoms. The molecule has 0 spiro atoms. The molecule has 0 saturated heterocycles. The highest BCUT2D eigenvalue weighted by Gasteiger charge is 2.55. The summed E-state index contributed by atoms with van der Waals surface area (Å²) < 4.78 is 42.5. The number of aromatic nitrogens is 2. The van der Waals surface area contributed by atoms with Crippen LogP contribution in [0.5, 0.6) is 5.88 Å². The van der Waals surface area contributed by atoms with Gasteiger partial charge in [0.05, 0.1) is 23.5 Å².